The first kappa shape index (κ1) is 15.4. The summed E-state index contributed by atoms with van der Waals surface area (Å²) in [6.07, 6.45) is 0.469. The molecule has 0 heterocycles. The first-order valence-electron chi connectivity index (χ1n) is 6.28. The summed E-state index contributed by atoms with van der Waals surface area (Å²) in [4.78, 5) is 11.5. The van der Waals surface area contributed by atoms with E-state index in [-0.39, 0.29) is 11.8 Å². The largest absolute Gasteiger partial charge is 0.493 e. The number of halogens is 1. The predicted octanol–water partition coefficient (Wildman–Crippen LogP) is 2.05. The molecule has 1 aromatic carbocycles. The van der Waals surface area contributed by atoms with Crippen molar-refractivity contribution in [3.8, 4) is 5.75 Å². The highest BCUT2D eigenvalue weighted by atomic mass is 19.1. The van der Waals surface area contributed by atoms with Gasteiger partial charge in [-0.3, -0.25) is 4.79 Å². The van der Waals surface area contributed by atoms with Crippen molar-refractivity contribution in [1.29, 1.82) is 0 Å². The van der Waals surface area contributed by atoms with E-state index in [1.807, 2.05) is 13.8 Å². The molecule has 0 aliphatic carbocycles. The van der Waals surface area contributed by atoms with Gasteiger partial charge in [0.15, 0.2) is 0 Å². The average Bonchev–Trinajstić information content (AvgIpc) is 2.40. The summed E-state index contributed by atoms with van der Waals surface area (Å²) in [6, 6.07) is 3.99. The molecular formula is C14H20FNO3. The van der Waals surface area contributed by atoms with Gasteiger partial charge >= 0.3 is 5.97 Å². The number of aryl methyl sites for hydroxylation is 1. The normalized spacial score (nSPS) is 12.0. The van der Waals surface area contributed by atoms with Gasteiger partial charge in [-0.05, 0) is 25.1 Å². The molecule has 4 nitrogen and oxygen atoms in total. The zero-order valence-electron chi connectivity index (χ0n) is 11.5. The molecule has 1 rings (SSSR count). The van der Waals surface area contributed by atoms with Crippen LogP contribution in [0.2, 0.25) is 0 Å². The van der Waals surface area contributed by atoms with E-state index in [2.05, 4.69) is 5.32 Å². The zero-order chi connectivity index (χ0) is 14.3. The molecule has 0 amide bonds. The van der Waals surface area contributed by atoms with E-state index in [9.17, 15) is 9.18 Å². The maximum atomic E-state index is 13.1. The molecule has 0 bridgehead atoms. The van der Waals surface area contributed by atoms with Crippen molar-refractivity contribution in [1.82, 2.24) is 5.32 Å². The molecule has 106 valence electrons. The molecule has 5 heteroatoms. The van der Waals surface area contributed by atoms with Crippen molar-refractivity contribution in [2.24, 2.45) is 0 Å². The second kappa shape index (κ2) is 7.74. The minimum atomic E-state index is -0.399. The molecule has 0 spiro atoms. The standard InChI is InChI=1S/C14H20FNO3/c1-4-16-12(14(17)18-3)7-8-19-13-9-11(15)6-5-10(13)2/h5-6,9,12,16H,4,7-8H2,1-3H3. The number of hydrogen-bond acceptors (Lipinski definition) is 4. The van der Waals surface area contributed by atoms with Crippen LogP contribution < -0.4 is 10.1 Å². The van der Waals surface area contributed by atoms with Crippen LogP contribution in [0.3, 0.4) is 0 Å². The summed E-state index contributed by atoms with van der Waals surface area (Å²) in [5.74, 6) is -0.154. The number of ether oxygens (including phenoxy) is 2. The van der Waals surface area contributed by atoms with Crippen molar-refractivity contribution >= 4 is 5.97 Å². The van der Waals surface area contributed by atoms with E-state index >= 15 is 0 Å². The van der Waals surface area contributed by atoms with Gasteiger partial charge in [0.1, 0.15) is 17.6 Å². The Morgan fingerprint density at radius 3 is 2.84 bits per heavy atom. The Kier molecular flexibility index (Phi) is 6.29. The molecule has 0 radical (unpaired) electrons. The van der Waals surface area contributed by atoms with E-state index in [0.717, 1.165) is 5.56 Å². The molecule has 19 heavy (non-hydrogen) atoms. The molecule has 0 saturated heterocycles. The van der Waals surface area contributed by atoms with Crippen molar-refractivity contribution < 1.29 is 18.7 Å². The van der Waals surface area contributed by atoms with Gasteiger partial charge in [0.25, 0.3) is 0 Å². The Morgan fingerprint density at radius 1 is 1.47 bits per heavy atom. The number of esters is 1. The molecule has 1 N–H and O–H groups in total. The third-order valence-electron chi connectivity index (χ3n) is 2.75. The first-order valence-corrected chi connectivity index (χ1v) is 6.28. The van der Waals surface area contributed by atoms with Crippen LogP contribution in [0.15, 0.2) is 18.2 Å². The number of carbonyl (C=O) groups is 1. The number of rotatable bonds is 7. The fraction of sp³-hybridized carbons (Fsp3) is 0.500. The van der Waals surface area contributed by atoms with Gasteiger partial charge in [-0.15, -0.1) is 0 Å². The molecule has 0 aliphatic rings. The summed E-state index contributed by atoms with van der Waals surface area (Å²) in [6.45, 7) is 4.74. The SMILES string of the molecule is CCNC(CCOc1cc(F)ccc1C)C(=O)OC. The van der Waals surface area contributed by atoms with Crippen molar-refractivity contribution in [2.45, 2.75) is 26.3 Å². The number of hydrogen-bond donors (Lipinski definition) is 1. The highest BCUT2D eigenvalue weighted by Gasteiger charge is 2.17. The summed E-state index contributed by atoms with van der Waals surface area (Å²) in [7, 11) is 1.35. The summed E-state index contributed by atoms with van der Waals surface area (Å²) in [5, 5.41) is 3.02. The van der Waals surface area contributed by atoms with Gasteiger partial charge in [0, 0.05) is 12.5 Å². The van der Waals surface area contributed by atoms with Gasteiger partial charge in [-0.1, -0.05) is 13.0 Å². The fourth-order valence-electron chi connectivity index (χ4n) is 1.71. The number of methoxy groups -OCH3 is 1. The smallest absolute Gasteiger partial charge is 0.322 e. The van der Waals surface area contributed by atoms with E-state index in [0.29, 0.717) is 25.3 Å². The predicted molar refractivity (Wildman–Crippen MR) is 70.7 cm³/mol. The highest BCUT2D eigenvalue weighted by molar-refractivity contribution is 5.75. The second-order valence-corrected chi connectivity index (χ2v) is 4.18. The Labute approximate surface area is 112 Å². The van der Waals surface area contributed by atoms with Crippen LogP contribution in [0, 0.1) is 12.7 Å². The number of nitrogens with one attached hydrogen (secondary N) is 1. The van der Waals surface area contributed by atoms with Crippen molar-refractivity contribution in [3.05, 3.63) is 29.6 Å². The molecule has 0 fully saturated rings. The quantitative estimate of drug-likeness (QED) is 0.770. The van der Waals surface area contributed by atoms with Crippen LogP contribution in [0.25, 0.3) is 0 Å². The Morgan fingerprint density at radius 2 is 2.21 bits per heavy atom. The van der Waals surface area contributed by atoms with Crippen LogP contribution in [0.5, 0.6) is 5.75 Å². The summed E-state index contributed by atoms with van der Waals surface area (Å²) >= 11 is 0. The van der Waals surface area contributed by atoms with Crippen molar-refractivity contribution in [2.75, 3.05) is 20.3 Å². The van der Waals surface area contributed by atoms with Crippen molar-refractivity contribution in [3.63, 3.8) is 0 Å². The van der Waals surface area contributed by atoms with Gasteiger partial charge < -0.3 is 14.8 Å². The second-order valence-electron chi connectivity index (χ2n) is 4.18. The molecule has 1 unspecified atom stereocenters. The van der Waals surface area contributed by atoms with E-state index in [1.54, 1.807) is 6.07 Å². The summed E-state index contributed by atoms with van der Waals surface area (Å²) in [5.41, 5.74) is 0.861. The fourth-order valence-corrected chi connectivity index (χ4v) is 1.71. The van der Waals surface area contributed by atoms with E-state index in [4.69, 9.17) is 9.47 Å². The van der Waals surface area contributed by atoms with Gasteiger partial charge in [-0.2, -0.15) is 0 Å². The first-order chi connectivity index (χ1) is 9.08. The highest BCUT2D eigenvalue weighted by Crippen LogP contribution is 2.18. The Bertz CT molecular complexity index is 423. The monoisotopic (exact) mass is 269 g/mol. The average molecular weight is 269 g/mol. The van der Waals surface area contributed by atoms with E-state index in [1.165, 1.54) is 19.2 Å². The Hall–Kier alpha value is -1.62. The third kappa shape index (κ3) is 4.87. The van der Waals surface area contributed by atoms with Gasteiger partial charge in [0.2, 0.25) is 0 Å². The minimum Gasteiger partial charge on any atom is -0.493 e. The topological polar surface area (TPSA) is 47.6 Å². The van der Waals surface area contributed by atoms with Crippen LogP contribution in [0.1, 0.15) is 18.9 Å². The lowest BCUT2D eigenvalue weighted by molar-refractivity contribution is -0.143. The van der Waals surface area contributed by atoms with Crippen LogP contribution in [0.4, 0.5) is 4.39 Å². The maximum absolute atomic E-state index is 13.1. The number of likely N-dealkylation sites (N-methyl/N-ethyl adjacent to an activating group) is 1. The van der Waals surface area contributed by atoms with Crippen LogP contribution in [-0.2, 0) is 9.53 Å². The molecule has 0 aliphatic heterocycles. The maximum Gasteiger partial charge on any atom is 0.322 e. The Balaban J connectivity index is 2.51. The zero-order valence-corrected chi connectivity index (χ0v) is 11.5. The van der Waals surface area contributed by atoms with Crippen LogP contribution in [-0.4, -0.2) is 32.3 Å². The third-order valence-corrected chi connectivity index (χ3v) is 2.75. The molecule has 1 atom stereocenters. The summed E-state index contributed by atoms with van der Waals surface area (Å²) < 4.78 is 23.3. The number of benzene rings is 1. The lowest BCUT2D eigenvalue weighted by Crippen LogP contribution is -2.38. The lowest BCUT2D eigenvalue weighted by Gasteiger charge is -2.16. The van der Waals surface area contributed by atoms with Gasteiger partial charge in [-0.25, -0.2) is 4.39 Å². The molecule has 0 saturated carbocycles. The van der Waals surface area contributed by atoms with E-state index < -0.39 is 6.04 Å². The number of carbonyl (C=O) groups excluding carboxylic acids is 1. The minimum absolute atomic E-state index is 0.317. The molecule has 1 aromatic rings. The lowest BCUT2D eigenvalue weighted by atomic mass is 10.2. The molecular weight excluding hydrogens is 249 g/mol. The van der Waals surface area contributed by atoms with Gasteiger partial charge in [0.05, 0.1) is 13.7 Å². The molecule has 0 aromatic heterocycles. The van der Waals surface area contributed by atoms with Crippen LogP contribution >= 0.6 is 0 Å².